The molecule has 0 atom stereocenters. The maximum absolute atomic E-state index is 14.3. The lowest BCUT2D eigenvalue weighted by molar-refractivity contribution is -0.121. The van der Waals surface area contributed by atoms with E-state index in [1.165, 1.54) is 71.9 Å². The molecule has 7 aromatic heterocycles. The average Bonchev–Trinajstić information content (AvgIpc) is 1.53. The molecule has 0 bridgehead atoms. The summed E-state index contributed by atoms with van der Waals surface area (Å²) < 4.78 is 85.9. The number of pyridine rings is 1. The Balaban J connectivity index is 0.476. The number of methoxy groups -OCH3 is 1. The molecule has 0 spiro atoms. The molecule has 128 heavy (non-hydrogen) atoms. The number of aromatic amines is 1. The first kappa shape index (κ1) is 96.9. The Morgan fingerprint density at radius 1 is 0.438 bits per heavy atom. The number of halogens is 1. The molecule has 0 fully saturated rings. The Labute approximate surface area is 736 Å². The number of ether oxygens (including phenoxy) is 11. The van der Waals surface area contributed by atoms with Crippen molar-refractivity contribution >= 4 is 92.8 Å². The summed E-state index contributed by atoms with van der Waals surface area (Å²) in [4.78, 5) is 146. The topological polar surface area (TPSA) is 465 Å². The second-order valence-electron chi connectivity index (χ2n) is 29.9. The van der Waals surface area contributed by atoms with Gasteiger partial charge in [-0.25, -0.2) is 19.3 Å². The van der Waals surface area contributed by atoms with Gasteiger partial charge >= 0.3 is 0 Å². The molecule has 0 radical (unpaired) electrons. The van der Waals surface area contributed by atoms with E-state index in [9.17, 15) is 52.3 Å². The van der Waals surface area contributed by atoms with Crippen LogP contribution in [0.25, 0.3) is 22.0 Å². The maximum Gasteiger partial charge on any atom is 0.291 e. The van der Waals surface area contributed by atoms with Crippen molar-refractivity contribution in [3.63, 3.8) is 0 Å². The van der Waals surface area contributed by atoms with Crippen molar-refractivity contribution in [2.45, 2.75) is 52.6 Å². The molecule has 0 aliphatic carbocycles. The summed E-state index contributed by atoms with van der Waals surface area (Å²) in [6, 6.07) is 19.9. The van der Waals surface area contributed by atoms with Crippen molar-refractivity contribution in [3.05, 3.63) is 184 Å². The zero-order chi connectivity index (χ0) is 91.8. The van der Waals surface area contributed by atoms with Crippen LogP contribution in [0.15, 0.2) is 121 Å². The van der Waals surface area contributed by atoms with E-state index in [-0.39, 0.29) is 133 Å². The van der Waals surface area contributed by atoms with Gasteiger partial charge in [0.15, 0.2) is 17.5 Å². The van der Waals surface area contributed by atoms with Crippen molar-refractivity contribution in [1.29, 1.82) is 0 Å². The summed E-state index contributed by atoms with van der Waals surface area (Å²) in [7, 11) is 11.3. The molecule has 3 aromatic carbocycles. The van der Waals surface area contributed by atoms with Gasteiger partial charge in [-0.1, -0.05) is 6.07 Å². The van der Waals surface area contributed by atoms with Gasteiger partial charge in [-0.3, -0.25) is 47.9 Å². The molecular weight excluding hydrogens is 1670 g/mol. The van der Waals surface area contributed by atoms with Crippen molar-refractivity contribution < 1.29 is 99.6 Å². The van der Waals surface area contributed by atoms with E-state index >= 15 is 0 Å². The normalized spacial score (nSPS) is 11.4. The van der Waals surface area contributed by atoms with Crippen LogP contribution in [0.3, 0.4) is 0 Å². The van der Waals surface area contributed by atoms with Crippen LogP contribution >= 0.6 is 0 Å². The number of nitrogens with zero attached hydrogens (tertiary/aromatic N) is 9. The Hall–Kier alpha value is -13.3. The molecule has 41 heteroatoms. The molecule has 0 aliphatic rings. The Morgan fingerprint density at radius 2 is 0.898 bits per heavy atom. The molecule has 686 valence electrons. The van der Waals surface area contributed by atoms with Crippen LogP contribution < -0.4 is 62.9 Å². The van der Waals surface area contributed by atoms with Gasteiger partial charge in [0.25, 0.3) is 41.0 Å². The number of imidazole rings is 3. The third-order valence-corrected chi connectivity index (χ3v) is 19.7. The summed E-state index contributed by atoms with van der Waals surface area (Å²) in [5.74, 6) is -2.99. The number of hydrogen-bond donors (Lipinski definition) is 10. The molecule has 10 N–H and O–H groups in total. The molecule has 0 saturated carbocycles. The molecule has 9 amide bonds. The lowest BCUT2D eigenvalue weighted by Crippen LogP contribution is -2.33. The van der Waals surface area contributed by atoms with Gasteiger partial charge in [-0.05, 0) is 111 Å². The van der Waals surface area contributed by atoms with Crippen molar-refractivity contribution in [1.82, 2.24) is 68.6 Å². The molecular formula is C87H110FN19O21. The number of aryl methyl sites for hydroxylation is 8. The molecule has 0 saturated heterocycles. The number of fused-ring (bicyclic) bond motifs is 1. The summed E-state index contributed by atoms with van der Waals surface area (Å²) in [5, 5.41) is 24.7. The Kier molecular flexibility index (Phi) is 36.3. The number of aromatic nitrogens is 10. The average molecular weight is 1780 g/mol. The van der Waals surface area contributed by atoms with Gasteiger partial charge in [0.1, 0.15) is 52.3 Å². The van der Waals surface area contributed by atoms with Crippen LogP contribution in [0.5, 0.6) is 17.2 Å². The lowest BCUT2D eigenvalue weighted by atomic mass is 9.92. The SMILES string of the molecule is COC(C)(C)c1ccc(Oc2c(C)cc(F)cc2C)c(-c2cn(C)c(=O)c3[nH]c(C(=O)Nc4ccc(OCCOCCOCCOCCOCCOCCOCCOCCOCCNC(=O)CCNC(=O)c5nc(NC(=O)CCNC(=O)c6cc(NC(=O)c7nc(NC(=O)CCNC(=O)c8cc(NC(=O)c9nccn9C)cn8C)cn7C)cn6C)cn5C)cc4)cc23)c1. The summed E-state index contributed by atoms with van der Waals surface area (Å²) in [6.45, 7) is 13.7. The predicted molar refractivity (Wildman–Crippen MR) is 469 cm³/mol. The van der Waals surface area contributed by atoms with Crippen LogP contribution in [0.1, 0.15) is 113 Å². The second-order valence-corrected chi connectivity index (χ2v) is 29.9. The Bertz CT molecular complexity index is 5530. The number of nitrogens with one attached hydrogen (secondary N) is 10. The predicted octanol–water partition coefficient (Wildman–Crippen LogP) is 6.56. The van der Waals surface area contributed by atoms with Gasteiger partial charge in [-0.15, -0.1) is 0 Å². The van der Waals surface area contributed by atoms with Gasteiger partial charge in [0.05, 0.1) is 123 Å². The summed E-state index contributed by atoms with van der Waals surface area (Å²) in [5.41, 5.74) is 4.25. The van der Waals surface area contributed by atoms with Gasteiger partial charge in [0, 0.05) is 160 Å². The molecule has 0 aliphatic heterocycles. The molecule has 10 aromatic rings. The molecule has 40 nitrogen and oxygen atoms in total. The smallest absolute Gasteiger partial charge is 0.291 e. The number of H-pyrrole nitrogens is 1. The van der Waals surface area contributed by atoms with E-state index in [2.05, 4.69) is 67.8 Å². The van der Waals surface area contributed by atoms with Gasteiger partial charge in [-0.2, -0.15) is 0 Å². The van der Waals surface area contributed by atoms with Gasteiger partial charge in [0.2, 0.25) is 29.4 Å². The first-order valence-electron chi connectivity index (χ1n) is 41.3. The van der Waals surface area contributed by atoms with E-state index in [1.54, 1.807) is 117 Å². The highest BCUT2D eigenvalue weighted by Crippen LogP contribution is 2.42. The highest BCUT2D eigenvalue weighted by Gasteiger charge is 2.27. The third-order valence-electron chi connectivity index (χ3n) is 19.7. The van der Waals surface area contributed by atoms with E-state index in [0.717, 1.165) is 5.56 Å². The van der Waals surface area contributed by atoms with E-state index in [4.69, 9.17) is 52.1 Å². The fourth-order valence-corrected chi connectivity index (χ4v) is 12.9. The number of carbonyl (C=O) groups excluding carboxylic acids is 9. The van der Waals surface area contributed by atoms with Crippen molar-refractivity contribution in [3.8, 4) is 28.4 Å². The van der Waals surface area contributed by atoms with Crippen LogP contribution in [0, 0.1) is 19.7 Å². The van der Waals surface area contributed by atoms with E-state index in [1.807, 2.05) is 32.0 Å². The van der Waals surface area contributed by atoms with E-state index in [0.29, 0.717) is 155 Å². The quantitative estimate of drug-likeness (QED) is 0.0180. The second kappa shape index (κ2) is 47.9. The van der Waals surface area contributed by atoms with Gasteiger partial charge < -0.3 is 132 Å². The largest absolute Gasteiger partial charge is 0.491 e. The fourth-order valence-electron chi connectivity index (χ4n) is 12.9. The van der Waals surface area contributed by atoms with Crippen molar-refractivity contribution in [2.24, 2.45) is 42.3 Å². The van der Waals surface area contributed by atoms with E-state index < -0.39 is 52.9 Å². The minimum atomic E-state index is -0.685. The highest BCUT2D eigenvalue weighted by molar-refractivity contribution is 6.09. The lowest BCUT2D eigenvalue weighted by Gasteiger charge is -2.25. The number of amides is 9. The van der Waals surface area contributed by atoms with Crippen LogP contribution in [0.4, 0.5) is 33.1 Å². The fraction of sp³-hybridized carbons (Fsp3) is 0.414. The summed E-state index contributed by atoms with van der Waals surface area (Å²) >= 11 is 0. The van der Waals surface area contributed by atoms with Crippen LogP contribution in [0.2, 0.25) is 0 Å². The maximum atomic E-state index is 14.3. The van der Waals surface area contributed by atoms with Crippen LogP contribution in [-0.2, 0) is 105 Å². The number of benzene rings is 3. The van der Waals surface area contributed by atoms with Crippen molar-refractivity contribution in [2.75, 3.05) is 172 Å². The standard InChI is InChI=1S/C87H110FN19O21/c1-55-44-58(88)45-56(2)76(55)128-69-17-12-57(87(3,4)118-11)46-63(69)65-52-107(10)86(117)75-64(65)49-66(97-75)80(111)94-59-13-15-62(16-14-59)127-43-42-126-41-40-125-39-38-124-37-36-123-35-34-122-33-32-121-31-30-120-29-28-119-27-25-89-72(108)18-21-93-83(114)78-100-70(53-105(78)8)98-73(109)19-22-92-82(113)68-48-61(51-104(68)7)96-85(116)79-101-71(54-106(79)9)99-74(110)20-23-91-81(112)67-47-60(50-103(67)6)95-84(115)77-90-24-26-102(77)5/h12-17,24,26,44-54,97H,18-23,25,27-43H2,1-11H3,(H,89,108)(H,91,112)(H,92,113)(H,93,114)(H,94,111)(H,95,115)(H,96,116)(H,98,109)(H,99,110). The minimum Gasteiger partial charge on any atom is -0.491 e. The molecule has 0 unspecified atom stereocenters. The third kappa shape index (κ3) is 28.6. The molecule has 10 rings (SSSR count). The number of hydrogen-bond acceptors (Lipinski definition) is 24. The van der Waals surface area contributed by atoms with Crippen LogP contribution in [-0.4, -0.2) is 246 Å². The summed E-state index contributed by atoms with van der Waals surface area (Å²) in [6.07, 6.45) is 10.5. The number of anilines is 5. The molecule has 7 heterocycles. The highest BCUT2D eigenvalue weighted by atomic mass is 19.1. The first-order chi connectivity index (χ1) is 61.5. The zero-order valence-electron chi connectivity index (χ0n) is 73.4. The number of carbonyl (C=O) groups is 9. The zero-order valence-corrected chi connectivity index (χ0v) is 73.4. The monoisotopic (exact) mass is 1780 g/mol. The number of rotatable bonds is 53. The Morgan fingerprint density at radius 3 is 1.39 bits per heavy atom. The minimum absolute atomic E-state index is 0.0126. The first-order valence-corrected chi connectivity index (χ1v) is 41.3.